The Kier molecular flexibility index (Phi) is 3.76. The summed E-state index contributed by atoms with van der Waals surface area (Å²) in [4.78, 5) is 12.4. The molecule has 0 saturated heterocycles. The van der Waals surface area contributed by atoms with Crippen LogP contribution in [-0.4, -0.2) is 18.0 Å². The second-order valence-corrected chi connectivity index (χ2v) is 6.22. The van der Waals surface area contributed by atoms with Gasteiger partial charge in [-0.25, -0.2) is 0 Å². The SMILES string of the molecule is C[C@@H](NC(=O)C1(C)CCCC1N)C1CCCC1. The van der Waals surface area contributed by atoms with Crippen LogP contribution in [0.4, 0.5) is 0 Å². The predicted molar refractivity (Wildman–Crippen MR) is 69.5 cm³/mol. The third kappa shape index (κ3) is 2.49. The van der Waals surface area contributed by atoms with Gasteiger partial charge < -0.3 is 11.1 Å². The maximum absolute atomic E-state index is 12.4. The Bertz CT molecular complexity index is 286. The van der Waals surface area contributed by atoms with E-state index in [0.29, 0.717) is 12.0 Å². The first-order valence-corrected chi connectivity index (χ1v) is 7.10. The standard InChI is InChI=1S/C14H26N2O/c1-10(11-6-3-4-7-11)16-13(17)14(2)9-5-8-12(14)15/h10-12H,3-9,15H2,1-2H3,(H,16,17)/t10-,12?,14?/m1/s1. The lowest BCUT2D eigenvalue weighted by atomic mass is 9.83. The maximum atomic E-state index is 12.4. The summed E-state index contributed by atoms with van der Waals surface area (Å²) in [7, 11) is 0. The molecule has 0 aromatic carbocycles. The van der Waals surface area contributed by atoms with Crippen LogP contribution in [0.25, 0.3) is 0 Å². The molecule has 17 heavy (non-hydrogen) atoms. The summed E-state index contributed by atoms with van der Waals surface area (Å²) in [5.41, 5.74) is 5.76. The number of amides is 1. The molecule has 0 spiro atoms. The Morgan fingerprint density at radius 3 is 2.47 bits per heavy atom. The summed E-state index contributed by atoms with van der Waals surface area (Å²) in [6, 6.07) is 0.355. The number of hydrogen-bond donors (Lipinski definition) is 2. The van der Waals surface area contributed by atoms with E-state index in [2.05, 4.69) is 12.2 Å². The van der Waals surface area contributed by atoms with Crippen molar-refractivity contribution in [3.63, 3.8) is 0 Å². The van der Waals surface area contributed by atoms with Crippen LogP contribution in [0.2, 0.25) is 0 Å². The van der Waals surface area contributed by atoms with Gasteiger partial charge in [-0.3, -0.25) is 4.79 Å². The fourth-order valence-corrected chi connectivity index (χ4v) is 3.42. The molecular weight excluding hydrogens is 212 g/mol. The van der Waals surface area contributed by atoms with Gasteiger partial charge in [0.15, 0.2) is 0 Å². The van der Waals surface area contributed by atoms with E-state index in [1.54, 1.807) is 0 Å². The summed E-state index contributed by atoms with van der Waals surface area (Å²) < 4.78 is 0. The predicted octanol–water partition coefficient (Wildman–Crippen LogP) is 2.20. The van der Waals surface area contributed by atoms with Crippen LogP contribution in [0, 0.1) is 11.3 Å². The molecule has 98 valence electrons. The zero-order valence-electron chi connectivity index (χ0n) is 11.2. The first kappa shape index (κ1) is 12.9. The van der Waals surface area contributed by atoms with E-state index in [4.69, 9.17) is 5.73 Å². The molecule has 0 heterocycles. The number of nitrogens with one attached hydrogen (secondary N) is 1. The topological polar surface area (TPSA) is 55.1 Å². The molecule has 2 fully saturated rings. The van der Waals surface area contributed by atoms with E-state index in [9.17, 15) is 4.79 Å². The molecule has 2 aliphatic carbocycles. The normalized spacial score (nSPS) is 36.1. The van der Waals surface area contributed by atoms with Gasteiger partial charge in [-0.2, -0.15) is 0 Å². The molecule has 0 radical (unpaired) electrons. The summed E-state index contributed by atoms with van der Waals surface area (Å²) in [5.74, 6) is 0.863. The minimum absolute atomic E-state index is 0.0401. The highest BCUT2D eigenvalue weighted by atomic mass is 16.2. The van der Waals surface area contributed by atoms with E-state index in [-0.39, 0.29) is 17.4 Å². The average Bonchev–Trinajstić information content (AvgIpc) is 2.90. The molecule has 0 aromatic rings. The van der Waals surface area contributed by atoms with Crippen molar-refractivity contribution >= 4 is 5.91 Å². The highest BCUT2D eigenvalue weighted by Gasteiger charge is 2.43. The Hall–Kier alpha value is -0.570. The molecule has 3 heteroatoms. The van der Waals surface area contributed by atoms with Crippen molar-refractivity contribution < 1.29 is 4.79 Å². The van der Waals surface area contributed by atoms with E-state index >= 15 is 0 Å². The van der Waals surface area contributed by atoms with Gasteiger partial charge in [0.05, 0.1) is 5.41 Å². The number of hydrogen-bond acceptors (Lipinski definition) is 2. The largest absolute Gasteiger partial charge is 0.353 e. The maximum Gasteiger partial charge on any atom is 0.227 e. The van der Waals surface area contributed by atoms with Crippen LogP contribution >= 0.6 is 0 Å². The second-order valence-electron chi connectivity index (χ2n) is 6.22. The molecule has 2 unspecified atom stereocenters. The van der Waals surface area contributed by atoms with Crippen molar-refractivity contribution in [1.29, 1.82) is 0 Å². The monoisotopic (exact) mass is 238 g/mol. The van der Waals surface area contributed by atoms with Gasteiger partial charge in [-0.05, 0) is 45.4 Å². The van der Waals surface area contributed by atoms with E-state index in [1.165, 1.54) is 25.7 Å². The van der Waals surface area contributed by atoms with Gasteiger partial charge in [0.2, 0.25) is 5.91 Å². The lowest BCUT2D eigenvalue weighted by Crippen LogP contribution is -2.50. The fraction of sp³-hybridized carbons (Fsp3) is 0.929. The first-order chi connectivity index (χ1) is 8.04. The molecule has 3 nitrogen and oxygen atoms in total. The summed E-state index contributed by atoms with van der Waals surface area (Å²) in [5, 5.41) is 3.22. The van der Waals surface area contributed by atoms with Crippen molar-refractivity contribution in [1.82, 2.24) is 5.32 Å². The van der Waals surface area contributed by atoms with Crippen LogP contribution < -0.4 is 11.1 Å². The third-order valence-electron chi connectivity index (χ3n) is 5.01. The van der Waals surface area contributed by atoms with Gasteiger partial charge >= 0.3 is 0 Å². The minimum Gasteiger partial charge on any atom is -0.353 e. The Labute approximate surface area is 105 Å². The molecule has 3 N–H and O–H groups in total. The lowest BCUT2D eigenvalue weighted by molar-refractivity contribution is -0.131. The Balaban J connectivity index is 1.91. The van der Waals surface area contributed by atoms with Gasteiger partial charge in [0, 0.05) is 12.1 Å². The summed E-state index contributed by atoms with van der Waals surface area (Å²) in [6.45, 7) is 4.18. The molecule has 2 saturated carbocycles. The van der Waals surface area contributed by atoms with E-state index in [0.717, 1.165) is 19.3 Å². The van der Waals surface area contributed by atoms with Gasteiger partial charge in [-0.1, -0.05) is 19.3 Å². The van der Waals surface area contributed by atoms with Crippen molar-refractivity contribution in [3.05, 3.63) is 0 Å². The summed E-state index contributed by atoms with van der Waals surface area (Å²) in [6.07, 6.45) is 8.19. The molecule has 0 aromatic heterocycles. The van der Waals surface area contributed by atoms with Crippen molar-refractivity contribution in [3.8, 4) is 0 Å². The van der Waals surface area contributed by atoms with Crippen molar-refractivity contribution in [2.24, 2.45) is 17.1 Å². The second kappa shape index (κ2) is 4.97. The van der Waals surface area contributed by atoms with E-state index < -0.39 is 0 Å². The molecule has 1 amide bonds. The Morgan fingerprint density at radius 1 is 1.29 bits per heavy atom. The average molecular weight is 238 g/mol. The quantitative estimate of drug-likeness (QED) is 0.792. The van der Waals surface area contributed by atoms with E-state index in [1.807, 2.05) is 6.92 Å². The van der Waals surface area contributed by atoms with Crippen molar-refractivity contribution in [2.45, 2.75) is 70.9 Å². The number of rotatable bonds is 3. The van der Waals surface area contributed by atoms with Crippen LogP contribution in [0.3, 0.4) is 0 Å². The van der Waals surface area contributed by atoms with Gasteiger partial charge in [0.1, 0.15) is 0 Å². The summed E-state index contributed by atoms with van der Waals surface area (Å²) >= 11 is 0. The van der Waals surface area contributed by atoms with Gasteiger partial charge in [0.25, 0.3) is 0 Å². The number of nitrogens with two attached hydrogens (primary N) is 1. The Morgan fingerprint density at radius 2 is 1.94 bits per heavy atom. The highest BCUT2D eigenvalue weighted by molar-refractivity contribution is 5.83. The van der Waals surface area contributed by atoms with Crippen LogP contribution in [-0.2, 0) is 4.79 Å². The smallest absolute Gasteiger partial charge is 0.227 e. The molecule has 0 bridgehead atoms. The molecule has 2 aliphatic rings. The molecular formula is C14H26N2O. The molecule has 2 rings (SSSR count). The first-order valence-electron chi connectivity index (χ1n) is 7.10. The number of carbonyl (C=O) groups excluding carboxylic acids is 1. The molecule has 3 atom stereocenters. The highest BCUT2D eigenvalue weighted by Crippen LogP contribution is 2.37. The molecule has 0 aliphatic heterocycles. The number of carbonyl (C=O) groups is 1. The zero-order valence-corrected chi connectivity index (χ0v) is 11.2. The third-order valence-corrected chi connectivity index (χ3v) is 5.01. The zero-order chi connectivity index (χ0) is 12.5. The fourth-order valence-electron chi connectivity index (χ4n) is 3.42. The van der Waals surface area contributed by atoms with Gasteiger partial charge in [-0.15, -0.1) is 0 Å². The van der Waals surface area contributed by atoms with Crippen LogP contribution in [0.5, 0.6) is 0 Å². The van der Waals surface area contributed by atoms with Crippen LogP contribution in [0.15, 0.2) is 0 Å². The lowest BCUT2D eigenvalue weighted by Gasteiger charge is -2.31. The minimum atomic E-state index is -0.327. The van der Waals surface area contributed by atoms with Crippen molar-refractivity contribution in [2.75, 3.05) is 0 Å². The van der Waals surface area contributed by atoms with Crippen LogP contribution in [0.1, 0.15) is 58.8 Å².